The molecule has 152 valence electrons. The zero-order valence-corrected chi connectivity index (χ0v) is 16.6. The summed E-state index contributed by atoms with van der Waals surface area (Å²) >= 11 is 0. The first kappa shape index (κ1) is 19.6. The van der Waals surface area contributed by atoms with E-state index in [1.807, 2.05) is 18.2 Å². The minimum Gasteiger partial charge on any atom is -0.508 e. The second-order valence-electron chi connectivity index (χ2n) is 7.31. The van der Waals surface area contributed by atoms with Gasteiger partial charge in [-0.1, -0.05) is 24.8 Å². The molecule has 1 N–H and O–H groups in total. The van der Waals surface area contributed by atoms with Gasteiger partial charge in [0.1, 0.15) is 5.75 Å². The van der Waals surface area contributed by atoms with Gasteiger partial charge in [-0.05, 0) is 48.6 Å². The number of allylic oxidation sites excluding steroid dienone is 3. The quantitative estimate of drug-likeness (QED) is 0.836. The Kier molecular flexibility index (Phi) is 6.22. The van der Waals surface area contributed by atoms with Gasteiger partial charge < -0.3 is 19.5 Å². The van der Waals surface area contributed by atoms with Crippen LogP contribution >= 0.6 is 0 Å². The monoisotopic (exact) mass is 393 g/mol. The van der Waals surface area contributed by atoms with Gasteiger partial charge in [0.15, 0.2) is 0 Å². The summed E-state index contributed by atoms with van der Waals surface area (Å²) in [5, 5.41) is 9.95. The van der Waals surface area contributed by atoms with Crippen molar-refractivity contribution in [2.24, 2.45) is 9.98 Å². The number of rotatable bonds is 2. The minimum atomic E-state index is 0.207. The third-order valence-electron chi connectivity index (χ3n) is 5.18. The molecule has 0 unspecified atom stereocenters. The Morgan fingerprint density at radius 3 is 2.69 bits per heavy atom. The predicted molar refractivity (Wildman–Crippen MR) is 114 cm³/mol. The maximum atomic E-state index is 9.95. The molecular formula is C23H27N3O3. The molecule has 0 bridgehead atoms. The SMILES string of the molecule is C=C1C=C(C2=CCCOCCC2)N=C(N2CCOCC2)N=C1c1cccc(O)c1. The molecule has 0 radical (unpaired) electrons. The second kappa shape index (κ2) is 9.20. The number of aromatic hydroxyl groups is 1. The highest BCUT2D eigenvalue weighted by atomic mass is 16.5. The van der Waals surface area contributed by atoms with E-state index in [1.165, 1.54) is 5.57 Å². The highest BCUT2D eigenvalue weighted by molar-refractivity contribution is 6.18. The lowest BCUT2D eigenvalue weighted by Crippen LogP contribution is -2.40. The lowest BCUT2D eigenvalue weighted by Gasteiger charge is -2.28. The van der Waals surface area contributed by atoms with Crippen LogP contribution in [0.15, 0.2) is 69.8 Å². The average Bonchev–Trinajstić information content (AvgIpc) is 2.87. The minimum absolute atomic E-state index is 0.207. The highest BCUT2D eigenvalue weighted by Crippen LogP contribution is 2.26. The van der Waals surface area contributed by atoms with Gasteiger partial charge in [0.2, 0.25) is 5.96 Å². The third kappa shape index (κ3) is 4.83. The molecule has 3 aliphatic heterocycles. The van der Waals surface area contributed by atoms with Crippen molar-refractivity contribution in [3.05, 3.63) is 65.4 Å². The topological polar surface area (TPSA) is 66.7 Å². The van der Waals surface area contributed by atoms with Crippen LogP contribution < -0.4 is 0 Å². The Hall–Kier alpha value is -2.70. The van der Waals surface area contributed by atoms with Gasteiger partial charge in [0.25, 0.3) is 0 Å². The van der Waals surface area contributed by atoms with Crippen molar-refractivity contribution in [1.82, 2.24) is 4.90 Å². The molecule has 1 fully saturated rings. The molecule has 0 atom stereocenters. The summed E-state index contributed by atoms with van der Waals surface area (Å²) in [6.07, 6.45) is 7.00. The van der Waals surface area contributed by atoms with E-state index in [-0.39, 0.29) is 5.75 Å². The van der Waals surface area contributed by atoms with Crippen LogP contribution in [0.1, 0.15) is 24.8 Å². The second-order valence-corrected chi connectivity index (χ2v) is 7.31. The number of aliphatic imine (C=N–C) groups is 2. The van der Waals surface area contributed by atoms with Crippen molar-refractivity contribution >= 4 is 11.7 Å². The number of phenolic OH excluding ortho intramolecular Hbond substituents is 1. The summed E-state index contributed by atoms with van der Waals surface area (Å²) in [5.74, 6) is 0.884. The molecule has 1 aromatic carbocycles. The Labute approximate surface area is 171 Å². The standard InChI is InChI=1S/C23H27N3O3/c1-17-15-21(18-6-3-11-28-12-4-7-18)24-23(26-9-13-29-14-10-26)25-22(17)19-5-2-8-20(27)16-19/h2,5-6,8,15-16,27H,1,3-4,7,9-14H2. The summed E-state index contributed by atoms with van der Waals surface area (Å²) in [7, 11) is 0. The van der Waals surface area contributed by atoms with Gasteiger partial charge in [-0.25, -0.2) is 9.98 Å². The zero-order valence-electron chi connectivity index (χ0n) is 16.6. The summed E-state index contributed by atoms with van der Waals surface area (Å²) in [6.45, 7) is 8.61. The lowest BCUT2D eigenvalue weighted by atomic mass is 9.99. The fourth-order valence-electron chi connectivity index (χ4n) is 3.66. The molecule has 3 aliphatic rings. The van der Waals surface area contributed by atoms with Crippen LogP contribution in [0.4, 0.5) is 0 Å². The molecule has 1 aromatic rings. The Morgan fingerprint density at radius 2 is 1.86 bits per heavy atom. The molecule has 4 rings (SSSR count). The summed E-state index contributed by atoms with van der Waals surface area (Å²) < 4.78 is 11.1. The van der Waals surface area contributed by atoms with Crippen molar-refractivity contribution in [3.63, 3.8) is 0 Å². The largest absolute Gasteiger partial charge is 0.508 e. The Bertz CT molecular complexity index is 892. The first-order valence-electron chi connectivity index (χ1n) is 10.2. The predicted octanol–water partition coefficient (Wildman–Crippen LogP) is 3.45. The van der Waals surface area contributed by atoms with Crippen LogP contribution in [-0.4, -0.2) is 61.2 Å². The van der Waals surface area contributed by atoms with Gasteiger partial charge in [0, 0.05) is 25.3 Å². The third-order valence-corrected chi connectivity index (χ3v) is 5.18. The molecular weight excluding hydrogens is 366 g/mol. The van der Waals surface area contributed by atoms with Crippen LogP contribution in [0.2, 0.25) is 0 Å². The van der Waals surface area contributed by atoms with Crippen LogP contribution in [0.5, 0.6) is 5.75 Å². The van der Waals surface area contributed by atoms with E-state index in [9.17, 15) is 5.11 Å². The molecule has 0 spiro atoms. The van der Waals surface area contributed by atoms with Crippen molar-refractivity contribution < 1.29 is 14.6 Å². The maximum Gasteiger partial charge on any atom is 0.226 e. The lowest BCUT2D eigenvalue weighted by molar-refractivity contribution is 0.0676. The first-order valence-corrected chi connectivity index (χ1v) is 10.2. The number of morpholine rings is 1. The van der Waals surface area contributed by atoms with E-state index < -0.39 is 0 Å². The first-order chi connectivity index (χ1) is 14.2. The van der Waals surface area contributed by atoms with Crippen molar-refractivity contribution in [3.8, 4) is 5.75 Å². The van der Waals surface area contributed by atoms with Crippen molar-refractivity contribution in [1.29, 1.82) is 0 Å². The molecule has 6 nitrogen and oxygen atoms in total. The van der Waals surface area contributed by atoms with Crippen LogP contribution in [0, 0.1) is 0 Å². The number of hydrogen-bond acceptors (Lipinski definition) is 6. The number of benzene rings is 1. The number of phenols is 1. The number of guanidine groups is 1. The van der Waals surface area contributed by atoms with Gasteiger partial charge in [0.05, 0.1) is 31.2 Å². The summed E-state index contributed by atoms with van der Waals surface area (Å²) in [6, 6.07) is 7.13. The number of hydrogen-bond donors (Lipinski definition) is 1. The van der Waals surface area contributed by atoms with Crippen LogP contribution in [-0.2, 0) is 9.47 Å². The molecule has 0 amide bonds. The van der Waals surface area contributed by atoms with Crippen LogP contribution in [0.3, 0.4) is 0 Å². The van der Waals surface area contributed by atoms with E-state index in [2.05, 4.69) is 17.6 Å². The van der Waals surface area contributed by atoms with Crippen molar-refractivity contribution in [2.75, 3.05) is 39.5 Å². The van der Waals surface area contributed by atoms with E-state index in [0.29, 0.717) is 19.2 Å². The molecule has 0 aromatic heterocycles. The maximum absolute atomic E-state index is 9.95. The van der Waals surface area contributed by atoms with Gasteiger partial charge in [-0.2, -0.15) is 0 Å². The molecule has 6 heteroatoms. The fraction of sp³-hybridized carbons (Fsp3) is 0.391. The fourth-order valence-corrected chi connectivity index (χ4v) is 3.66. The van der Waals surface area contributed by atoms with E-state index >= 15 is 0 Å². The zero-order chi connectivity index (χ0) is 20.1. The van der Waals surface area contributed by atoms with E-state index in [1.54, 1.807) is 12.1 Å². The van der Waals surface area contributed by atoms with Crippen molar-refractivity contribution in [2.45, 2.75) is 19.3 Å². The highest BCUT2D eigenvalue weighted by Gasteiger charge is 2.21. The Morgan fingerprint density at radius 1 is 1.03 bits per heavy atom. The smallest absolute Gasteiger partial charge is 0.226 e. The normalized spacial score (nSPS) is 21.2. The Balaban J connectivity index is 1.75. The number of ether oxygens (including phenoxy) is 2. The number of nitrogens with zero attached hydrogens (tertiary/aromatic N) is 3. The van der Waals surface area contributed by atoms with E-state index in [4.69, 9.17) is 19.5 Å². The molecule has 0 saturated carbocycles. The summed E-state index contributed by atoms with van der Waals surface area (Å²) in [5.41, 5.74) is 4.48. The van der Waals surface area contributed by atoms with Gasteiger partial charge in [-0.3, -0.25) is 0 Å². The molecule has 3 heterocycles. The van der Waals surface area contributed by atoms with Gasteiger partial charge >= 0.3 is 0 Å². The molecule has 1 saturated heterocycles. The molecule has 0 aliphatic carbocycles. The van der Waals surface area contributed by atoms with E-state index in [0.717, 1.165) is 68.1 Å². The van der Waals surface area contributed by atoms with Gasteiger partial charge in [-0.15, -0.1) is 0 Å². The average molecular weight is 393 g/mol. The summed E-state index contributed by atoms with van der Waals surface area (Å²) in [4.78, 5) is 12.0. The molecule has 29 heavy (non-hydrogen) atoms. The van der Waals surface area contributed by atoms with Crippen LogP contribution in [0.25, 0.3) is 0 Å².